The third kappa shape index (κ3) is 2.74. The van der Waals surface area contributed by atoms with Gasteiger partial charge >= 0.3 is 5.97 Å². The molecular formula is C16H20O4. The molecule has 4 nitrogen and oxygen atoms in total. The Morgan fingerprint density at radius 1 is 1.15 bits per heavy atom. The maximum Gasteiger partial charge on any atom is 0.345 e. The molecule has 1 aliphatic heterocycles. The van der Waals surface area contributed by atoms with Gasteiger partial charge in [-0.05, 0) is 37.8 Å². The molecular weight excluding hydrogens is 256 g/mol. The first kappa shape index (κ1) is 13.3. The average Bonchev–Trinajstić information content (AvgIpc) is 2.38. The highest BCUT2D eigenvalue weighted by atomic mass is 16.7. The highest BCUT2D eigenvalue weighted by Gasteiger charge is 2.34. The van der Waals surface area contributed by atoms with Crippen LogP contribution in [0.5, 0.6) is 11.5 Å². The van der Waals surface area contributed by atoms with Crippen LogP contribution in [0.25, 0.3) is 0 Å². The van der Waals surface area contributed by atoms with Crippen LogP contribution in [-0.2, 0) is 4.74 Å². The Kier molecular flexibility index (Phi) is 3.32. The molecule has 0 spiro atoms. The van der Waals surface area contributed by atoms with E-state index in [9.17, 15) is 4.79 Å². The van der Waals surface area contributed by atoms with Crippen LogP contribution in [-0.4, -0.2) is 17.9 Å². The first-order chi connectivity index (χ1) is 9.53. The van der Waals surface area contributed by atoms with Gasteiger partial charge in [-0.3, -0.25) is 0 Å². The van der Waals surface area contributed by atoms with Crippen LogP contribution < -0.4 is 9.47 Å². The minimum absolute atomic E-state index is 0.283. The van der Waals surface area contributed by atoms with Gasteiger partial charge in [0.05, 0.1) is 6.10 Å². The van der Waals surface area contributed by atoms with Crippen molar-refractivity contribution in [2.24, 2.45) is 0 Å². The molecule has 3 rings (SSSR count). The van der Waals surface area contributed by atoms with E-state index in [0.29, 0.717) is 11.3 Å². The SMILES string of the molecule is CC1(C)OC(=O)c2ccc(OC3CCCCC3)cc2O1. The van der Waals surface area contributed by atoms with Crippen molar-refractivity contribution in [2.75, 3.05) is 0 Å². The second-order valence-corrected chi connectivity index (χ2v) is 5.93. The zero-order chi connectivity index (χ0) is 14.2. The van der Waals surface area contributed by atoms with Crippen LogP contribution in [0.1, 0.15) is 56.3 Å². The summed E-state index contributed by atoms with van der Waals surface area (Å²) in [5.41, 5.74) is 0.459. The highest BCUT2D eigenvalue weighted by Crippen LogP contribution is 2.35. The van der Waals surface area contributed by atoms with Gasteiger partial charge in [0.1, 0.15) is 17.1 Å². The van der Waals surface area contributed by atoms with Crippen LogP contribution in [0.3, 0.4) is 0 Å². The second kappa shape index (κ2) is 5.00. The highest BCUT2D eigenvalue weighted by molar-refractivity contribution is 5.93. The first-order valence-corrected chi connectivity index (χ1v) is 7.26. The molecule has 0 saturated heterocycles. The van der Waals surface area contributed by atoms with E-state index in [-0.39, 0.29) is 12.1 Å². The summed E-state index contributed by atoms with van der Waals surface area (Å²) in [7, 11) is 0. The normalized spacial score (nSPS) is 21.6. The van der Waals surface area contributed by atoms with Gasteiger partial charge in [0.15, 0.2) is 0 Å². The van der Waals surface area contributed by atoms with Crippen LogP contribution in [0.2, 0.25) is 0 Å². The zero-order valence-electron chi connectivity index (χ0n) is 12.0. The third-order valence-electron chi connectivity index (χ3n) is 3.72. The molecule has 1 fully saturated rings. The van der Waals surface area contributed by atoms with E-state index in [4.69, 9.17) is 14.2 Å². The van der Waals surface area contributed by atoms with Crippen LogP contribution in [0.4, 0.5) is 0 Å². The van der Waals surface area contributed by atoms with Gasteiger partial charge in [0, 0.05) is 19.9 Å². The molecule has 1 aliphatic carbocycles. The summed E-state index contributed by atoms with van der Waals surface area (Å²) in [6, 6.07) is 5.33. The van der Waals surface area contributed by atoms with E-state index in [2.05, 4.69) is 0 Å². The number of rotatable bonds is 2. The minimum Gasteiger partial charge on any atom is -0.490 e. The topological polar surface area (TPSA) is 44.8 Å². The van der Waals surface area contributed by atoms with E-state index in [1.807, 2.05) is 6.07 Å². The lowest BCUT2D eigenvalue weighted by Gasteiger charge is -2.32. The summed E-state index contributed by atoms with van der Waals surface area (Å²) < 4.78 is 16.9. The number of esters is 1. The Bertz CT molecular complexity index is 515. The van der Waals surface area contributed by atoms with E-state index >= 15 is 0 Å². The Labute approximate surface area is 119 Å². The molecule has 0 radical (unpaired) electrons. The quantitative estimate of drug-likeness (QED) is 0.773. The molecule has 0 unspecified atom stereocenters. The summed E-state index contributed by atoms with van der Waals surface area (Å²) in [5, 5.41) is 0. The van der Waals surface area contributed by atoms with E-state index < -0.39 is 5.79 Å². The molecule has 0 atom stereocenters. The maximum absolute atomic E-state index is 11.9. The second-order valence-electron chi connectivity index (χ2n) is 5.93. The fourth-order valence-electron chi connectivity index (χ4n) is 2.77. The van der Waals surface area contributed by atoms with Crippen molar-refractivity contribution >= 4 is 5.97 Å². The van der Waals surface area contributed by atoms with Crippen LogP contribution >= 0.6 is 0 Å². The Morgan fingerprint density at radius 3 is 2.65 bits per heavy atom. The predicted molar refractivity (Wildman–Crippen MR) is 74.1 cm³/mol. The molecule has 1 aromatic carbocycles. The monoisotopic (exact) mass is 276 g/mol. The lowest BCUT2D eigenvalue weighted by Crippen LogP contribution is -2.38. The van der Waals surface area contributed by atoms with Crippen molar-refractivity contribution in [2.45, 2.75) is 57.8 Å². The van der Waals surface area contributed by atoms with Gasteiger partial charge < -0.3 is 14.2 Å². The van der Waals surface area contributed by atoms with Crippen molar-refractivity contribution < 1.29 is 19.0 Å². The number of fused-ring (bicyclic) bond motifs is 1. The van der Waals surface area contributed by atoms with E-state index in [0.717, 1.165) is 18.6 Å². The Hall–Kier alpha value is -1.71. The molecule has 4 heteroatoms. The number of hydrogen-bond acceptors (Lipinski definition) is 4. The lowest BCUT2D eigenvalue weighted by molar-refractivity contribution is -0.127. The van der Waals surface area contributed by atoms with Crippen molar-refractivity contribution in [3.05, 3.63) is 23.8 Å². The van der Waals surface area contributed by atoms with E-state index in [1.165, 1.54) is 19.3 Å². The van der Waals surface area contributed by atoms with Crippen LogP contribution in [0.15, 0.2) is 18.2 Å². The van der Waals surface area contributed by atoms with Crippen molar-refractivity contribution in [3.63, 3.8) is 0 Å². The smallest absolute Gasteiger partial charge is 0.345 e. The Morgan fingerprint density at radius 2 is 1.90 bits per heavy atom. The standard InChI is InChI=1S/C16H20O4/c1-16(2)19-14-10-12(8-9-13(14)15(17)20-16)18-11-6-4-3-5-7-11/h8-11H,3-7H2,1-2H3. The Balaban J connectivity index is 1.79. The zero-order valence-corrected chi connectivity index (χ0v) is 12.0. The van der Waals surface area contributed by atoms with Crippen LogP contribution in [0, 0.1) is 0 Å². The van der Waals surface area contributed by atoms with Gasteiger partial charge in [-0.2, -0.15) is 0 Å². The van der Waals surface area contributed by atoms with Crippen molar-refractivity contribution in [1.82, 2.24) is 0 Å². The van der Waals surface area contributed by atoms with Gasteiger partial charge in [0.25, 0.3) is 0 Å². The number of benzene rings is 1. The number of cyclic esters (lactones) is 1. The van der Waals surface area contributed by atoms with Gasteiger partial charge in [-0.25, -0.2) is 4.79 Å². The predicted octanol–water partition coefficient (Wildman–Crippen LogP) is 3.68. The summed E-state index contributed by atoms with van der Waals surface area (Å²) in [6.45, 7) is 3.45. The molecule has 0 aromatic heterocycles. The molecule has 108 valence electrons. The fourth-order valence-corrected chi connectivity index (χ4v) is 2.77. The largest absolute Gasteiger partial charge is 0.490 e. The first-order valence-electron chi connectivity index (χ1n) is 7.26. The number of hydrogen-bond donors (Lipinski definition) is 0. The van der Waals surface area contributed by atoms with Crippen molar-refractivity contribution in [3.8, 4) is 11.5 Å². The molecule has 1 aromatic rings. The minimum atomic E-state index is -0.923. The number of carbonyl (C=O) groups excluding carboxylic acids is 1. The lowest BCUT2D eigenvalue weighted by atomic mass is 9.98. The average molecular weight is 276 g/mol. The fraction of sp³-hybridized carbons (Fsp3) is 0.562. The van der Waals surface area contributed by atoms with Gasteiger partial charge in [-0.1, -0.05) is 6.42 Å². The summed E-state index contributed by atoms with van der Waals surface area (Å²) >= 11 is 0. The summed E-state index contributed by atoms with van der Waals surface area (Å²) in [6.07, 6.45) is 6.24. The molecule has 2 aliphatic rings. The number of ether oxygens (including phenoxy) is 3. The molecule has 0 bridgehead atoms. The molecule has 0 N–H and O–H groups in total. The molecule has 20 heavy (non-hydrogen) atoms. The summed E-state index contributed by atoms with van der Waals surface area (Å²) in [5.74, 6) is 0.0364. The van der Waals surface area contributed by atoms with Gasteiger partial charge in [0.2, 0.25) is 5.79 Å². The van der Waals surface area contributed by atoms with Crippen molar-refractivity contribution in [1.29, 1.82) is 0 Å². The maximum atomic E-state index is 11.9. The van der Waals surface area contributed by atoms with E-state index in [1.54, 1.807) is 26.0 Å². The molecule has 0 amide bonds. The molecule has 1 saturated carbocycles. The summed E-state index contributed by atoms with van der Waals surface area (Å²) in [4.78, 5) is 11.9. The van der Waals surface area contributed by atoms with Gasteiger partial charge in [-0.15, -0.1) is 0 Å². The molecule has 1 heterocycles. The number of carbonyl (C=O) groups is 1. The third-order valence-corrected chi connectivity index (χ3v) is 3.72.